The van der Waals surface area contributed by atoms with Crippen molar-refractivity contribution in [3.05, 3.63) is 53.3 Å². The van der Waals surface area contributed by atoms with Gasteiger partial charge in [-0.1, -0.05) is 29.8 Å². The Balaban J connectivity index is 2.00. The van der Waals surface area contributed by atoms with Crippen LogP contribution < -0.4 is 0 Å². The van der Waals surface area contributed by atoms with Crippen LogP contribution in [0.15, 0.2) is 36.5 Å². The van der Waals surface area contributed by atoms with E-state index in [9.17, 15) is 4.79 Å². The highest BCUT2D eigenvalue weighted by Crippen LogP contribution is 2.10. The van der Waals surface area contributed by atoms with Gasteiger partial charge in [0.05, 0.1) is 0 Å². The minimum atomic E-state index is 0.163. The number of nitrogens with zero attached hydrogens (tertiary/aromatic N) is 2. The maximum atomic E-state index is 12.1. The standard InChI is InChI=1S/C15H18N2O/c1-3-17-14(9-10-16-17)15(18)8-7-13-6-4-5-12(2)11-13/h4-6,9-11H,3,7-8H2,1-2H3. The van der Waals surface area contributed by atoms with E-state index in [1.54, 1.807) is 16.9 Å². The molecule has 0 atom stereocenters. The molecular weight excluding hydrogens is 224 g/mol. The van der Waals surface area contributed by atoms with Gasteiger partial charge < -0.3 is 0 Å². The van der Waals surface area contributed by atoms with Gasteiger partial charge in [0.25, 0.3) is 0 Å². The normalized spacial score (nSPS) is 10.6. The molecule has 0 saturated carbocycles. The summed E-state index contributed by atoms with van der Waals surface area (Å²) < 4.78 is 1.75. The van der Waals surface area contributed by atoms with Crippen molar-refractivity contribution < 1.29 is 4.79 Å². The van der Waals surface area contributed by atoms with Crippen LogP contribution in [0.3, 0.4) is 0 Å². The molecule has 0 unspecified atom stereocenters. The van der Waals surface area contributed by atoms with Crippen molar-refractivity contribution in [1.82, 2.24) is 9.78 Å². The number of aryl methyl sites for hydroxylation is 3. The second-order valence-corrected chi connectivity index (χ2v) is 4.44. The minimum Gasteiger partial charge on any atom is -0.292 e. The molecule has 1 aromatic carbocycles. The van der Waals surface area contributed by atoms with Crippen LogP contribution in [0.2, 0.25) is 0 Å². The van der Waals surface area contributed by atoms with Gasteiger partial charge in [0, 0.05) is 19.2 Å². The van der Waals surface area contributed by atoms with Crippen LogP contribution in [0.4, 0.5) is 0 Å². The molecule has 0 aliphatic carbocycles. The summed E-state index contributed by atoms with van der Waals surface area (Å²) in [6.07, 6.45) is 3.01. The number of hydrogen-bond acceptors (Lipinski definition) is 2. The van der Waals surface area contributed by atoms with Crippen molar-refractivity contribution in [3.8, 4) is 0 Å². The van der Waals surface area contributed by atoms with Crippen LogP contribution in [0.1, 0.15) is 35.0 Å². The van der Waals surface area contributed by atoms with Gasteiger partial charge in [-0.25, -0.2) is 0 Å². The summed E-state index contributed by atoms with van der Waals surface area (Å²) in [5.41, 5.74) is 3.16. The van der Waals surface area contributed by atoms with Gasteiger partial charge in [0.1, 0.15) is 5.69 Å². The van der Waals surface area contributed by atoms with Crippen molar-refractivity contribution in [3.63, 3.8) is 0 Å². The Morgan fingerprint density at radius 2 is 2.17 bits per heavy atom. The number of aromatic nitrogens is 2. The molecule has 3 nitrogen and oxygen atoms in total. The highest BCUT2D eigenvalue weighted by Gasteiger charge is 2.10. The Morgan fingerprint density at radius 3 is 2.89 bits per heavy atom. The van der Waals surface area contributed by atoms with Crippen LogP contribution in [0, 0.1) is 6.92 Å². The van der Waals surface area contributed by atoms with E-state index < -0.39 is 0 Å². The molecule has 2 rings (SSSR count). The van der Waals surface area contributed by atoms with Gasteiger partial charge in [-0.3, -0.25) is 9.48 Å². The largest absolute Gasteiger partial charge is 0.292 e. The highest BCUT2D eigenvalue weighted by atomic mass is 16.1. The van der Waals surface area contributed by atoms with E-state index in [1.165, 1.54) is 11.1 Å². The number of Topliss-reactive ketones (excluding diaryl/α,β-unsaturated/α-hetero) is 1. The first kappa shape index (κ1) is 12.6. The summed E-state index contributed by atoms with van der Waals surface area (Å²) in [5.74, 6) is 0.163. The van der Waals surface area contributed by atoms with Crippen LogP contribution in [0.5, 0.6) is 0 Å². The second-order valence-electron chi connectivity index (χ2n) is 4.44. The van der Waals surface area contributed by atoms with E-state index in [1.807, 2.05) is 13.0 Å². The molecule has 3 heteroatoms. The lowest BCUT2D eigenvalue weighted by atomic mass is 10.0. The van der Waals surface area contributed by atoms with Crippen LogP contribution in [0.25, 0.3) is 0 Å². The molecule has 94 valence electrons. The first-order valence-electron chi connectivity index (χ1n) is 6.31. The average Bonchev–Trinajstić information content (AvgIpc) is 2.84. The van der Waals surface area contributed by atoms with Crippen LogP contribution in [-0.4, -0.2) is 15.6 Å². The molecule has 0 spiro atoms. The van der Waals surface area contributed by atoms with Crippen molar-refractivity contribution in [2.75, 3.05) is 0 Å². The molecule has 0 N–H and O–H groups in total. The van der Waals surface area contributed by atoms with Crippen molar-refractivity contribution in [1.29, 1.82) is 0 Å². The van der Waals surface area contributed by atoms with Gasteiger partial charge in [0.15, 0.2) is 5.78 Å². The molecule has 0 bridgehead atoms. The van der Waals surface area contributed by atoms with Crippen molar-refractivity contribution in [2.45, 2.75) is 33.2 Å². The Hall–Kier alpha value is -1.90. The number of rotatable bonds is 5. The number of carbonyl (C=O) groups excluding carboxylic acids is 1. The number of ketones is 1. The van der Waals surface area contributed by atoms with Crippen molar-refractivity contribution >= 4 is 5.78 Å². The average molecular weight is 242 g/mol. The minimum absolute atomic E-state index is 0.163. The van der Waals surface area contributed by atoms with Gasteiger partial charge in [0.2, 0.25) is 0 Å². The van der Waals surface area contributed by atoms with E-state index in [0.29, 0.717) is 12.1 Å². The van der Waals surface area contributed by atoms with E-state index in [0.717, 1.165) is 13.0 Å². The third-order valence-corrected chi connectivity index (χ3v) is 3.02. The summed E-state index contributed by atoms with van der Waals surface area (Å²) in [6, 6.07) is 10.1. The van der Waals surface area contributed by atoms with E-state index in [-0.39, 0.29) is 5.78 Å². The molecule has 0 fully saturated rings. The SMILES string of the molecule is CCn1nccc1C(=O)CCc1cccc(C)c1. The number of carbonyl (C=O) groups is 1. The number of benzene rings is 1. The molecule has 0 aliphatic heterocycles. The Bertz CT molecular complexity index is 543. The molecule has 0 amide bonds. The monoisotopic (exact) mass is 242 g/mol. The smallest absolute Gasteiger partial charge is 0.181 e. The topological polar surface area (TPSA) is 34.9 Å². The number of hydrogen-bond donors (Lipinski definition) is 0. The van der Waals surface area contributed by atoms with Gasteiger partial charge in [-0.15, -0.1) is 0 Å². The Morgan fingerprint density at radius 1 is 1.33 bits per heavy atom. The third-order valence-electron chi connectivity index (χ3n) is 3.02. The molecule has 2 aromatic rings. The van der Waals surface area contributed by atoms with E-state index in [2.05, 4.69) is 30.2 Å². The molecule has 0 radical (unpaired) electrons. The molecular formula is C15H18N2O. The zero-order chi connectivity index (χ0) is 13.0. The Kier molecular flexibility index (Phi) is 3.92. The molecule has 18 heavy (non-hydrogen) atoms. The summed E-state index contributed by atoms with van der Waals surface area (Å²) in [5, 5.41) is 4.12. The lowest BCUT2D eigenvalue weighted by molar-refractivity contribution is 0.0972. The fourth-order valence-corrected chi connectivity index (χ4v) is 2.08. The zero-order valence-electron chi connectivity index (χ0n) is 10.9. The first-order chi connectivity index (χ1) is 8.70. The quantitative estimate of drug-likeness (QED) is 0.755. The fraction of sp³-hybridized carbons (Fsp3) is 0.333. The first-order valence-corrected chi connectivity index (χ1v) is 6.31. The molecule has 0 saturated heterocycles. The zero-order valence-corrected chi connectivity index (χ0v) is 10.9. The predicted molar refractivity (Wildman–Crippen MR) is 71.7 cm³/mol. The van der Waals surface area contributed by atoms with Crippen molar-refractivity contribution in [2.24, 2.45) is 0 Å². The fourth-order valence-electron chi connectivity index (χ4n) is 2.08. The summed E-state index contributed by atoms with van der Waals surface area (Å²) in [7, 11) is 0. The second kappa shape index (κ2) is 5.63. The van der Waals surface area contributed by atoms with E-state index >= 15 is 0 Å². The van der Waals surface area contributed by atoms with E-state index in [4.69, 9.17) is 0 Å². The maximum absolute atomic E-state index is 12.1. The lowest BCUT2D eigenvalue weighted by Gasteiger charge is -2.04. The predicted octanol–water partition coefficient (Wildman–Crippen LogP) is 3.03. The molecule has 0 aliphatic rings. The molecule has 1 aromatic heterocycles. The van der Waals surface area contributed by atoms with Gasteiger partial charge in [-0.2, -0.15) is 5.10 Å². The summed E-state index contributed by atoms with van der Waals surface area (Å²) in [6.45, 7) is 4.79. The lowest BCUT2D eigenvalue weighted by Crippen LogP contribution is -2.10. The summed E-state index contributed by atoms with van der Waals surface area (Å²) >= 11 is 0. The highest BCUT2D eigenvalue weighted by molar-refractivity contribution is 5.94. The third kappa shape index (κ3) is 2.86. The maximum Gasteiger partial charge on any atom is 0.181 e. The Labute approximate surface area is 107 Å². The summed E-state index contributed by atoms with van der Waals surface area (Å²) in [4.78, 5) is 12.1. The van der Waals surface area contributed by atoms with Crippen LogP contribution in [-0.2, 0) is 13.0 Å². The van der Waals surface area contributed by atoms with Gasteiger partial charge in [-0.05, 0) is 31.9 Å². The van der Waals surface area contributed by atoms with Crippen LogP contribution >= 0.6 is 0 Å². The van der Waals surface area contributed by atoms with Gasteiger partial charge >= 0.3 is 0 Å². The molecule has 1 heterocycles.